The van der Waals surface area contributed by atoms with E-state index in [0.717, 1.165) is 24.7 Å². The minimum atomic E-state index is -3.41. The maximum Gasteiger partial charge on any atom is 0.262 e. The monoisotopic (exact) mass is 335 g/mol. The molecule has 0 aromatic carbocycles. The Morgan fingerprint density at radius 1 is 1.56 bits per heavy atom. The van der Waals surface area contributed by atoms with Gasteiger partial charge in [-0.1, -0.05) is 15.9 Å². The summed E-state index contributed by atoms with van der Waals surface area (Å²) in [6.07, 6.45) is 5.18. The number of rotatable bonds is 4. The molecule has 0 aliphatic carbocycles. The van der Waals surface area contributed by atoms with Crippen LogP contribution in [0.15, 0.2) is 17.6 Å². The number of hydrogen-bond acceptors (Lipinski definition) is 3. The van der Waals surface area contributed by atoms with Gasteiger partial charge in [0.1, 0.15) is 0 Å². The third kappa shape index (κ3) is 2.78. The Morgan fingerprint density at radius 3 is 2.94 bits per heavy atom. The summed E-state index contributed by atoms with van der Waals surface area (Å²) in [5.41, 5.74) is 0. The van der Waals surface area contributed by atoms with E-state index in [1.54, 1.807) is 21.4 Å². The molecule has 102 valence electrons. The fraction of sp³-hybridized carbons (Fsp3) is 0.727. The van der Waals surface area contributed by atoms with Crippen LogP contribution in [0.3, 0.4) is 0 Å². The van der Waals surface area contributed by atoms with Crippen LogP contribution in [0, 0.1) is 5.92 Å². The van der Waals surface area contributed by atoms with Crippen LogP contribution >= 0.6 is 15.9 Å². The number of alkyl halides is 1. The van der Waals surface area contributed by atoms with E-state index >= 15 is 0 Å². The molecule has 18 heavy (non-hydrogen) atoms. The number of hydrogen-bond donors (Lipinski definition) is 0. The summed E-state index contributed by atoms with van der Waals surface area (Å²) in [7, 11) is -3.41. The van der Waals surface area contributed by atoms with Crippen LogP contribution in [-0.2, 0) is 16.6 Å². The first-order valence-corrected chi connectivity index (χ1v) is 8.72. The highest BCUT2D eigenvalue weighted by Gasteiger charge is 2.31. The topological polar surface area (TPSA) is 55.2 Å². The van der Waals surface area contributed by atoms with Gasteiger partial charge in [0.15, 0.2) is 5.03 Å². The van der Waals surface area contributed by atoms with Crippen molar-refractivity contribution in [2.24, 2.45) is 5.92 Å². The van der Waals surface area contributed by atoms with Crippen LogP contribution in [0.5, 0.6) is 0 Å². The zero-order valence-electron chi connectivity index (χ0n) is 10.4. The SMILES string of the molecule is CCn1cnc(S(=O)(=O)N2CCCC(CBr)C2)c1. The normalized spacial score (nSPS) is 22.2. The average Bonchev–Trinajstić information content (AvgIpc) is 2.88. The molecule has 7 heteroatoms. The van der Waals surface area contributed by atoms with Crippen LogP contribution in [0.25, 0.3) is 0 Å². The van der Waals surface area contributed by atoms with E-state index in [2.05, 4.69) is 20.9 Å². The van der Waals surface area contributed by atoms with Gasteiger partial charge in [-0.2, -0.15) is 4.31 Å². The quantitative estimate of drug-likeness (QED) is 0.787. The predicted octanol–water partition coefficient (Wildman–Crippen LogP) is 1.70. The van der Waals surface area contributed by atoms with Crippen molar-refractivity contribution >= 4 is 26.0 Å². The van der Waals surface area contributed by atoms with Crippen molar-refractivity contribution in [1.82, 2.24) is 13.9 Å². The van der Waals surface area contributed by atoms with Crippen LogP contribution in [0.4, 0.5) is 0 Å². The largest absolute Gasteiger partial charge is 0.336 e. The molecule has 2 heterocycles. The third-order valence-electron chi connectivity index (χ3n) is 3.28. The minimum Gasteiger partial charge on any atom is -0.336 e. The first-order chi connectivity index (χ1) is 8.57. The molecule has 1 aliphatic heterocycles. The fourth-order valence-electron chi connectivity index (χ4n) is 2.15. The molecule has 0 saturated carbocycles. The summed E-state index contributed by atoms with van der Waals surface area (Å²) in [6, 6.07) is 0. The standard InChI is InChI=1S/C11H18BrN3O2S/c1-2-14-8-11(13-9-14)18(16,17)15-5-3-4-10(6-12)7-15/h8-10H,2-7H2,1H3. The van der Waals surface area contributed by atoms with Gasteiger partial charge in [0.25, 0.3) is 10.0 Å². The maximum absolute atomic E-state index is 12.4. The first kappa shape index (κ1) is 14.0. The zero-order chi connectivity index (χ0) is 13.2. The molecule has 1 aromatic heterocycles. The number of piperidine rings is 1. The highest BCUT2D eigenvalue weighted by Crippen LogP contribution is 2.23. The molecule has 0 bridgehead atoms. The lowest BCUT2D eigenvalue weighted by molar-refractivity contribution is 0.285. The van der Waals surface area contributed by atoms with Gasteiger partial charge in [0, 0.05) is 31.2 Å². The van der Waals surface area contributed by atoms with E-state index in [0.29, 0.717) is 19.0 Å². The molecule has 1 saturated heterocycles. The van der Waals surface area contributed by atoms with Crippen LogP contribution in [0.2, 0.25) is 0 Å². The molecule has 1 unspecified atom stereocenters. The van der Waals surface area contributed by atoms with Gasteiger partial charge >= 0.3 is 0 Å². The van der Waals surface area contributed by atoms with E-state index in [4.69, 9.17) is 0 Å². The Morgan fingerprint density at radius 2 is 2.33 bits per heavy atom. The maximum atomic E-state index is 12.4. The van der Waals surface area contributed by atoms with Gasteiger partial charge in [0.05, 0.1) is 6.33 Å². The lowest BCUT2D eigenvalue weighted by Crippen LogP contribution is -2.40. The number of imidazole rings is 1. The molecule has 0 spiro atoms. The number of nitrogens with zero attached hydrogens (tertiary/aromatic N) is 3. The minimum absolute atomic E-state index is 0.166. The second-order valence-corrected chi connectivity index (χ2v) is 7.10. The Kier molecular flexibility index (Phi) is 4.45. The molecule has 2 rings (SSSR count). The van der Waals surface area contributed by atoms with Gasteiger partial charge in [0.2, 0.25) is 0 Å². The Balaban J connectivity index is 2.19. The summed E-state index contributed by atoms with van der Waals surface area (Å²) in [6.45, 7) is 3.88. The first-order valence-electron chi connectivity index (χ1n) is 6.15. The molecule has 0 N–H and O–H groups in total. The average molecular weight is 336 g/mol. The molecule has 0 radical (unpaired) electrons. The van der Waals surface area contributed by atoms with Gasteiger partial charge in [-0.25, -0.2) is 13.4 Å². The van der Waals surface area contributed by atoms with Crippen LogP contribution in [-0.4, -0.2) is 40.7 Å². The van der Waals surface area contributed by atoms with E-state index < -0.39 is 10.0 Å². The smallest absolute Gasteiger partial charge is 0.262 e. The van der Waals surface area contributed by atoms with Gasteiger partial charge < -0.3 is 4.57 Å². The van der Waals surface area contributed by atoms with Gasteiger partial charge in [-0.05, 0) is 25.7 Å². The highest BCUT2D eigenvalue weighted by molar-refractivity contribution is 9.09. The van der Waals surface area contributed by atoms with Gasteiger partial charge in [-0.3, -0.25) is 0 Å². The highest BCUT2D eigenvalue weighted by atomic mass is 79.9. The van der Waals surface area contributed by atoms with Crippen molar-refractivity contribution in [3.63, 3.8) is 0 Å². The Bertz CT molecular complexity index is 500. The van der Waals surface area contributed by atoms with Crippen molar-refractivity contribution < 1.29 is 8.42 Å². The Hall–Kier alpha value is -0.400. The molecule has 1 aliphatic rings. The van der Waals surface area contributed by atoms with Crippen molar-refractivity contribution in [3.8, 4) is 0 Å². The van der Waals surface area contributed by atoms with Crippen molar-refractivity contribution in [1.29, 1.82) is 0 Å². The number of aryl methyl sites for hydroxylation is 1. The second kappa shape index (κ2) is 5.71. The second-order valence-electron chi connectivity index (χ2n) is 4.57. The molecule has 0 amide bonds. The van der Waals surface area contributed by atoms with Crippen molar-refractivity contribution in [2.45, 2.75) is 31.3 Å². The van der Waals surface area contributed by atoms with E-state index in [1.165, 1.54) is 0 Å². The van der Waals surface area contributed by atoms with Crippen molar-refractivity contribution in [3.05, 3.63) is 12.5 Å². The van der Waals surface area contributed by atoms with E-state index in [1.807, 2.05) is 6.92 Å². The molecule has 1 atom stereocenters. The molecular formula is C11H18BrN3O2S. The molecule has 1 fully saturated rings. The van der Waals surface area contributed by atoms with E-state index in [9.17, 15) is 8.42 Å². The van der Waals surface area contributed by atoms with Crippen molar-refractivity contribution in [2.75, 3.05) is 18.4 Å². The Labute approximate surface area is 116 Å². The lowest BCUT2D eigenvalue weighted by Gasteiger charge is -2.30. The third-order valence-corrected chi connectivity index (χ3v) is 5.95. The molecular weight excluding hydrogens is 318 g/mol. The predicted molar refractivity (Wildman–Crippen MR) is 73.2 cm³/mol. The molecule has 1 aromatic rings. The summed E-state index contributed by atoms with van der Waals surface area (Å²) < 4.78 is 28.2. The number of aromatic nitrogens is 2. The number of sulfonamides is 1. The fourth-order valence-corrected chi connectivity index (χ4v) is 4.17. The zero-order valence-corrected chi connectivity index (χ0v) is 12.8. The number of halogens is 1. The lowest BCUT2D eigenvalue weighted by atomic mass is 10.0. The van der Waals surface area contributed by atoms with Crippen LogP contribution in [0.1, 0.15) is 19.8 Å². The summed E-state index contributed by atoms with van der Waals surface area (Å²) in [4.78, 5) is 4.01. The van der Waals surface area contributed by atoms with Crippen LogP contribution < -0.4 is 0 Å². The summed E-state index contributed by atoms with van der Waals surface area (Å²) in [5, 5.41) is 1.02. The van der Waals surface area contributed by atoms with Gasteiger partial charge in [-0.15, -0.1) is 0 Å². The van der Waals surface area contributed by atoms with E-state index in [-0.39, 0.29) is 5.03 Å². The summed E-state index contributed by atoms with van der Waals surface area (Å²) >= 11 is 3.44. The molecule has 5 nitrogen and oxygen atoms in total. The summed E-state index contributed by atoms with van der Waals surface area (Å²) in [5.74, 6) is 0.404.